The van der Waals surface area contributed by atoms with Gasteiger partial charge >= 0.3 is 0 Å². The first-order valence-corrected chi connectivity index (χ1v) is 8.10. The number of benzene rings is 1. The van der Waals surface area contributed by atoms with Crippen LogP contribution in [0.4, 0.5) is 5.82 Å². The molecule has 0 spiro atoms. The van der Waals surface area contributed by atoms with E-state index in [9.17, 15) is 4.79 Å². The van der Waals surface area contributed by atoms with Gasteiger partial charge in [-0.1, -0.05) is 12.1 Å². The molecule has 2 aromatic rings. The summed E-state index contributed by atoms with van der Waals surface area (Å²) in [6, 6.07) is 10.1. The van der Waals surface area contributed by atoms with E-state index in [1.807, 2.05) is 38.1 Å². The summed E-state index contributed by atoms with van der Waals surface area (Å²) in [7, 11) is 0. The smallest absolute Gasteiger partial charge is 0.236 e. The third kappa shape index (κ3) is 2.48. The van der Waals surface area contributed by atoms with Gasteiger partial charge in [-0.2, -0.15) is 0 Å². The summed E-state index contributed by atoms with van der Waals surface area (Å²) in [6.45, 7) is 4.69. The van der Waals surface area contributed by atoms with Crippen LogP contribution >= 0.6 is 0 Å². The standard InChI is InChI=1S/C19H20N2O2/c1-12-9-13(2)20-17(10-12)21-18(22)19(6-7-19)15-3-4-16-14(11-15)5-8-23-16/h3-4,9-11H,5-8H2,1-2H3,(H,20,21,22). The molecule has 4 rings (SSSR count). The molecule has 0 unspecified atom stereocenters. The summed E-state index contributed by atoms with van der Waals surface area (Å²) in [4.78, 5) is 17.3. The first-order chi connectivity index (χ1) is 11.1. The van der Waals surface area contributed by atoms with Crippen LogP contribution in [0.1, 0.15) is 35.2 Å². The van der Waals surface area contributed by atoms with Crippen molar-refractivity contribution in [1.29, 1.82) is 0 Å². The van der Waals surface area contributed by atoms with Crippen molar-refractivity contribution in [2.75, 3.05) is 11.9 Å². The lowest BCUT2D eigenvalue weighted by atomic mass is 9.93. The molecule has 1 aliphatic heterocycles. The van der Waals surface area contributed by atoms with E-state index in [4.69, 9.17) is 4.74 Å². The van der Waals surface area contributed by atoms with Gasteiger partial charge in [0.25, 0.3) is 0 Å². The molecule has 1 aromatic heterocycles. The summed E-state index contributed by atoms with van der Waals surface area (Å²) in [5.41, 5.74) is 3.94. The summed E-state index contributed by atoms with van der Waals surface area (Å²) in [5.74, 6) is 1.65. The first kappa shape index (κ1) is 14.2. The molecule has 1 amide bonds. The van der Waals surface area contributed by atoms with E-state index in [-0.39, 0.29) is 5.91 Å². The predicted molar refractivity (Wildman–Crippen MR) is 88.9 cm³/mol. The Morgan fingerprint density at radius 2 is 2.04 bits per heavy atom. The number of hydrogen-bond donors (Lipinski definition) is 1. The normalized spacial score (nSPS) is 17.3. The second kappa shape index (κ2) is 5.08. The van der Waals surface area contributed by atoms with E-state index in [1.54, 1.807) is 0 Å². The zero-order valence-corrected chi connectivity index (χ0v) is 13.5. The molecule has 4 nitrogen and oxygen atoms in total. The Morgan fingerprint density at radius 1 is 1.22 bits per heavy atom. The lowest BCUT2D eigenvalue weighted by molar-refractivity contribution is -0.118. The Bertz CT molecular complexity index is 774. The number of hydrogen-bond acceptors (Lipinski definition) is 3. The van der Waals surface area contributed by atoms with Crippen LogP contribution in [-0.2, 0) is 16.6 Å². The van der Waals surface area contributed by atoms with Crippen LogP contribution in [0.25, 0.3) is 0 Å². The average molecular weight is 308 g/mol. The molecular weight excluding hydrogens is 288 g/mol. The van der Waals surface area contributed by atoms with E-state index >= 15 is 0 Å². The van der Waals surface area contributed by atoms with Crippen molar-refractivity contribution in [2.45, 2.75) is 38.5 Å². The number of fused-ring (bicyclic) bond motifs is 1. The molecule has 1 fully saturated rings. The van der Waals surface area contributed by atoms with Crippen molar-refractivity contribution in [3.05, 3.63) is 52.7 Å². The number of ether oxygens (including phenoxy) is 1. The molecular formula is C19H20N2O2. The summed E-state index contributed by atoms with van der Waals surface area (Å²) < 4.78 is 5.56. The van der Waals surface area contributed by atoms with Gasteiger partial charge in [0.05, 0.1) is 12.0 Å². The van der Waals surface area contributed by atoms with Crippen LogP contribution in [0.15, 0.2) is 30.3 Å². The molecule has 0 bridgehead atoms. The van der Waals surface area contributed by atoms with Gasteiger partial charge in [-0.05, 0) is 61.6 Å². The van der Waals surface area contributed by atoms with Crippen LogP contribution in [0, 0.1) is 13.8 Å². The molecule has 0 radical (unpaired) electrons. The maximum absolute atomic E-state index is 12.8. The molecule has 0 saturated heterocycles. The summed E-state index contributed by atoms with van der Waals surface area (Å²) in [5, 5.41) is 3.01. The summed E-state index contributed by atoms with van der Waals surface area (Å²) in [6.07, 6.45) is 2.71. The summed E-state index contributed by atoms with van der Waals surface area (Å²) >= 11 is 0. The van der Waals surface area contributed by atoms with Gasteiger partial charge in [0.15, 0.2) is 0 Å². The molecule has 0 atom stereocenters. The van der Waals surface area contributed by atoms with Crippen LogP contribution in [0.2, 0.25) is 0 Å². The Hall–Kier alpha value is -2.36. The van der Waals surface area contributed by atoms with Crippen molar-refractivity contribution in [1.82, 2.24) is 4.98 Å². The first-order valence-electron chi connectivity index (χ1n) is 8.10. The van der Waals surface area contributed by atoms with Crippen LogP contribution < -0.4 is 10.1 Å². The second-order valence-electron chi connectivity index (χ2n) is 6.63. The molecule has 4 heteroatoms. The Morgan fingerprint density at radius 3 is 2.78 bits per heavy atom. The highest BCUT2D eigenvalue weighted by Gasteiger charge is 2.51. The maximum atomic E-state index is 12.8. The lowest BCUT2D eigenvalue weighted by Gasteiger charge is -2.17. The second-order valence-corrected chi connectivity index (χ2v) is 6.63. The van der Waals surface area contributed by atoms with Gasteiger partial charge in [0.2, 0.25) is 5.91 Å². The van der Waals surface area contributed by atoms with E-state index in [0.29, 0.717) is 5.82 Å². The fraction of sp³-hybridized carbons (Fsp3) is 0.368. The highest BCUT2D eigenvalue weighted by Crippen LogP contribution is 2.50. The Labute approximate surface area is 135 Å². The SMILES string of the molecule is Cc1cc(C)nc(NC(=O)C2(c3ccc4c(c3)CCO4)CC2)c1. The van der Waals surface area contributed by atoms with Crippen molar-refractivity contribution in [3.63, 3.8) is 0 Å². The zero-order chi connectivity index (χ0) is 16.0. The predicted octanol–water partition coefficient (Wildman–Crippen LogP) is 3.30. The minimum atomic E-state index is -0.392. The lowest BCUT2D eigenvalue weighted by Crippen LogP contribution is -2.28. The minimum absolute atomic E-state index is 0.0499. The molecule has 1 aliphatic carbocycles. The Kier molecular flexibility index (Phi) is 3.15. The van der Waals surface area contributed by atoms with Crippen molar-refractivity contribution >= 4 is 11.7 Å². The number of amides is 1. The average Bonchev–Trinajstić information content (AvgIpc) is 3.18. The number of pyridine rings is 1. The largest absolute Gasteiger partial charge is 0.493 e. The van der Waals surface area contributed by atoms with E-state index < -0.39 is 5.41 Å². The number of nitrogens with zero attached hydrogens (tertiary/aromatic N) is 1. The van der Waals surface area contributed by atoms with Crippen LogP contribution in [0.5, 0.6) is 5.75 Å². The van der Waals surface area contributed by atoms with Crippen molar-refractivity contribution in [3.8, 4) is 5.75 Å². The molecule has 1 N–H and O–H groups in total. The van der Waals surface area contributed by atoms with Crippen molar-refractivity contribution < 1.29 is 9.53 Å². The molecule has 1 saturated carbocycles. The van der Waals surface area contributed by atoms with Crippen LogP contribution in [0.3, 0.4) is 0 Å². The zero-order valence-electron chi connectivity index (χ0n) is 13.5. The van der Waals surface area contributed by atoms with Gasteiger partial charge in [-0.25, -0.2) is 4.98 Å². The quantitative estimate of drug-likeness (QED) is 0.946. The fourth-order valence-corrected chi connectivity index (χ4v) is 3.40. The van der Waals surface area contributed by atoms with Crippen molar-refractivity contribution in [2.24, 2.45) is 0 Å². The number of aryl methyl sites for hydroxylation is 2. The molecule has 2 heterocycles. The van der Waals surface area contributed by atoms with Gasteiger partial charge in [-0.3, -0.25) is 4.79 Å². The molecule has 1 aromatic carbocycles. The minimum Gasteiger partial charge on any atom is -0.493 e. The monoisotopic (exact) mass is 308 g/mol. The third-order valence-corrected chi connectivity index (χ3v) is 4.77. The van der Waals surface area contributed by atoms with Gasteiger partial charge in [-0.15, -0.1) is 0 Å². The third-order valence-electron chi connectivity index (χ3n) is 4.77. The van der Waals surface area contributed by atoms with Gasteiger partial charge in [0.1, 0.15) is 11.6 Å². The number of carbonyl (C=O) groups is 1. The number of nitrogens with one attached hydrogen (secondary N) is 1. The number of anilines is 1. The molecule has 23 heavy (non-hydrogen) atoms. The number of aromatic nitrogens is 1. The number of carbonyl (C=O) groups excluding carboxylic acids is 1. The highest BCUT2D eigenvalue weighted by molar-refractivity contribution is 6.01. The highest BCUT2D eigenvalue weighted by atomic mass is 16.5. The number of rotatable bonds is 3. The van der Waals surface area contributed by atoms with Gasteiger partial charge < -0.3 is 10.1 Å². The Balaban J connectivity index is 1.60. The fourth-order valence-electron chi connectivity index (χ4n) is 3.40. The van der Waals surface area contributed by atoms with E-state index in [2.05, 4.69) is 16.4 Å². The van der Waals surface area contributed by atoms with E-state index in [0.717, 1.165) is 48.4 Å². The van der Waals surface area contributed by atoms with Crippen LogP contribution in [-0.4, -0.2) is 17.5 Å². The molecule has 118 valence electrons. The topological polar surface area (TPSA) is 51.2 Å². The maximum Gasteiger partial charge on any atom is 0.236 e. The molecule has 2 aliphatic rings. The van der Waals surface area contributed by atoms with Gasteiger partial charge in [0, 0.05) is 12.1 Å². The van der Waals surface area contributed by atoms with E-state index in [1.165, 1.54) is 5.56 Å².